The summed E-state index contributed by atoms with van der Waals surface area (Å²) in [6, 6.07) is 2.08. The minimum absolute atomic E-state index is 0.324. The molecule has 1 aromatic heterocycles. The summed E-state index contributed by atoms with van der Waals surface area (Å²) in [5, 5.41) is 1.03. The molecule has 4 heteroatoms. The smallest absolute Gasteiger partial charge is 0.355 e. The third-order valence-corrected chi connectivity index (χ3v) is 4.17. The van der Waals surface area contributed by atoms with Gasteiger partial charge < -0.3 is 9.72 Å². The molecule has 0 aliphatic carbocycles. The molecule has 96 valence electrons. The molecule has 18 heavy (non-hydrogen) atoms. The second-order valence-corrected chi connectivity index (χ2v) is 5.19. The molecule has 0 fully saturated rings. The maximum Gasteiger partial charge on any atom is 0.355 e. The molecular formula is C14H16BrNO2. The summed E-state index contributed by atoms with van der Waals surface area (Å²) in [7, 11) is 0. The van der Waals surface area contributed by atoms with E-state index >= 15 is 0 Å². The molecule has 1 heterocycles. The number of rotatable bonds is 2. The van der Waals surface area contributed by atoms with E-state index in [1.165, 1.54) is 16.7 Å². The van der Waals surface area contributed by atoms with Crippen LogP contribution in [0.1, 0.15) is 34.1 Å². The molecule has 0 aliphatic rings. The number of fused-ring (bicyclic) bond motifs is 1. The highest BCUT2D eigenvalue weighted by Crippen LogP contribution is 2.33. The zero-order valence-electron chi connectivity index (χ0n) is 11.0. The van der Waals surface area contributed by atoms with Gasteiger partial charge in [-0.1, -0.05) is 0 Å². The third kappa shape index (κ3) is 1.94. The van der Waals surface area contributed by atoms with Crippen LogP contribution in [0, 0.1) is 20.8 Å². The van der Waals surface area contributed by atoms with E-state index in [1.54, 1.807) is 6.92 Å². The first-order valence-corrected chi connectivity index (χ1v) is 6.71. The second-order valence-electron chi connectivity index (χ2n) is 4.40. The Bertz CT molecular complexity index is 628. The van der Waals surface area contributed by atoms with Gasteiger partial charge in [-0.25, -0.2) is 4.79 Å². The van der Waals surface area contributed by atoms with E-state index in [0.29, 0.717) is 12.3 Å². The van der Waals surface area contributed by atoms with Crippen molar-refractivity contribution in [3.8, 4) is 0 Å². The Kier molecular flexibility index (Phi) is 3.48. The molecule has 1 N–H and O–H groups in total. The number of ether oxygens (including phenoxy) is 1. The van der Waals surface area contributed by atoms with Gasteiger partial charge in [0.1, 0.15) is 5.69 Å². The summed E-state index contributed by atoms with van der Waals surface area (Å²) in [5.74, 6) is -0.324. The molecule has 3 nitrogen and oxygen atoms in total. The third-order valence-electron chi connectivity index (χ3n) is 3.34. The van der Waals surface area contributed by atoms with Crippen LogP contribution in [0.2, 0.25) is 0 Å². The molecule has 0 spiro atoms. The van der Waals surface area contributed by atoms with Crippen LogP contribution in [0.5, 0.6) is 0 Å². The molecule has 0 aliphatic heterocycles. The number of halogens is 1. The Labute approximate surface area is 115 Å². The van der Waals surface area contributed by atoms with Crippen LogP contribution in [0.4, 0.5) is 0 Å². The number of aryl methyl sites for hydroxylation is 2. The molecule has 2 aromatic rings. The summed E-state index contributed by atoms with van der Waals surface area (Å²) in [6.45, 7) is 8.39. The summed E-state index contributed by atoms with van der Waals surface area (Å²) in [6.07, 6.45) is 0. The zero-order valence-corrected chi connectivity index (χ0v) is 12.6. The van der Waals surface area contributed by atoms with Gasteiger partial charge in [-0.2, -0.15) is 0 Å². The molecule has 0 saturated heterocycles. The Morgan fingerprint density at radius 3 is 2.61 bits per heavy atom. The molecular weight excluding hydrogens is 294 g/mol. The number of hydrogen-bond acceptors (Lipinski definition) is 2. The summed E-state index contributed by atoms with van der Waals surface area (Å²) in [5.41, 5.74) is 5.11. The van der Waals surface area contributed by atoms with Crippen LogP contribution in [0.3, 0.4) is 0 Å². The Morgan fingerprint density at radius 1 is 1.33 bits per heavy atom. The molecule has 0 atom stereocenters. The first kappa shape index (κ1) is 13.1. The lowest BCUT2D eigenvalue weighted by Crippen LogP contribution is -2.05. The maximum absolute atomic E-state index is 11.8. The number of carbonyl (C=O) groups is 1. The van der Waals surface area contributed by atoms with Gasteiger partial charge in [0.25, 0.3) is 0 Å². The highest BCUT2D eigenvalue weighted by Gasteiger charge is 2.19. The SMILES string of the molecule is CCOC(=O)c1[nH]c2c(C)c(C)c(C)cc2c1Br. The van der Waals surface area contributed by atoms with Crippen molar-refractivity contribution in [2.75, 3.05) is 6.61 Å². The normalized spacial score (nSPS) is 10.9. The van der Waals surface area contributed by atoms with E-state index in [9.17, 15) is 4.79 Å². The lowest BCUT2D eigenvalue weighted by Gasteiger charge is -2.05. The highest BCUT2D eigenvalue weighted by atomic mass is 79.9. The molecule has 0 amide bonds. The number of aromatic amines is 1. The average Bonchev–Trinajstić information content (AvgIpc) is 2.65. The Morgan fingerprint density at radius 2 is 2.00 bits per heavy atom. The molecule has 0 unspecified atom stereocenters. The Balaban J connectivity index is 2.70. The van der Waals surface area contributed by atoms with Crippen molar-refractivity contribution in [3.05, 3.63) is 32.9 Å². The zero-order chi connectivity index (χ0) is 13.4. The van der Waals surface area contributed by atoms with Crippen molar-refractivity contribution in [1.29, 1.82) is 0 Å². The fourth-order valence-corrected chi connectivity index (χ4v) is 2.65. The number of esters is 1. The van der Waals surface area contributed by atoms with Crippen LogP contribution in [-0.2, 0) is 4.74 Å². The number of aromatic nitrogens is 1. The van der Waals surface area contributed by atoms with Gasteiger partial charge >= 0.3 is 5.97 Å². The van der Waals surface area contributed by atoms with Gasteiger partial charge in [-0.3, -0.25) is 0 Å². The number of benzene rings is 1. The first-order valence-electron chi connectivity index (χ1n) is 5.92. The second kappa shape index (κ2) is 4.76. The monoisotopic (exact) mass is 309 g/mol. The standard InChI is InChI=1S/C14H16BrNO2/c1-5-18-14(17)13-11(15)10-6-7(2)8(3)9(4)12(10)16-13/h6,16H,5H2,1-4H3. The van der Waals surface area contributed by atoms with Gasteiger partial charge in [0.05, 0.1) is 16.6 Å². The molecule has 1 aromatic carbocycles. The van der Waals surface area contributed by atoms with Gasteiger partial charge in [0, 0.05) is 5.39 Å². The van der Waals surface area contributed by atoms with Gasteiger partial charge in [-0.15, -0.1) is 0 Å². The molecule has 0 saturated carbocycles. The van der Waals surface area contributed by atoms with E-state index < -0.39 is 0 Å². The number of H-pyrrole nitrogens is 1. The van der Waals surface area contributed by atoms with Crippen molar-refractivity contribution in [3.63, 3.8) is 0 Å². The van der Waals surface area contributed by atoms with Crippen molar-refractivity contribution in [1.82, 2.24) is 4.98 Å². The van der Waals surface area contributed by atoms with E-state index in [0.717, 1.165) is 15.4 Å². The Hall–Kier alpha value is -1.29. The quantitative estimate of drug-likeness (QED) is 0.851. The largest absolute Gasteiger partial charge is 0.461 e. The lowest BCUT2D eigenvalue weighted by molar-refractivity contribution is 0.0519. The van der Waals surface area contributed by atoms with Gasteiger partial charge in [0.15, 0.2) is 0 Å². The number of nitrogens with one attached hydrogen (secondary N) is 1. The van der Waals surface area contributed by atoms with Crippen LogP contribution in [-0.4, -0.2) is 17.6 Å². The highest BCUT2D eigenvalue weighted by molar-refractivity contribution is 9.10. The fourth-order valence-electron chi connectivity index (χ4n) is 2.07. The maximum atomic E-state index is 11.8. The van der Waals surface area contributed by atoms with Crippen LogP contribution in [0.25, 0.3) is 10.9 Å². The van der Waals surface area contributed by atoms with Crippen molar-refractivity contribution in [2.24, 2.45) is 0 Å². The average molecular weight is 310 g/mol. The summed E-state index contributed by atoms with van der Waals surface area (Å²) < 4.78 is 5.82. The molecule has 2 rings (SSSR count). The minimum Gasteiger partial charge on any atom is -0.461 e. The number of hydrogen-bond donors (Lipinski definition) is 1. The van der Waals surface area contributed by atoms with Crippen molar-refractivity contribution >= 4 is 32.8 Å². The number of carbonyl (C=O) groups excluding carboxylic acids is 1. The lowest BCUT2D eigenvalue weighted by atomic mass is 10.0. The van der Waals surface area contributed by atoms with E-state index in [2.05, 4.69) is 47.8 Å². The topological polar surface area (TPSA) is 42.1 Å². The van der Waals surface area contributed by atoms with E-state index in [4.69, 9.17) is 4.74 Å². The van der Waals surface area contributed by atoms with Crippen LogP contribution in [0.15, 0.2) is 10.5 Å². The van der Waals surface area contributed by atoms with E-state index in [1.807, 2.05) is 0 Å². The van der Waals surface area contributed by atoms with Gasteiger partial charge in [0.2, 0.25) is 0 Å². The predicted octanol–water partition coefficient (Wildman–Crippen LogP) is 4.03. The van der Waals surface area contributed by atoms with Gasteiger partial charge in [-0.05, 0) is 66.4 Å². The minimum atomic E-state index is -0.324. The molecule has 0 bridgehead atoms. The predicted molar refractivity (Wildman–Crippen MR) is 76.2 cm³/mol. The van der Waals surface area contributed by atoms with Crippen molar-refractivity contribution in [2.45, 2.75) is 27.7 Å². The fraction of sp³-hybridized carbons (Fsp3) is 0.357. The summed E-state index contributed by atoms with van der Waals surface area (Å²) >= 11 is 3.48. The van der Waals surface area contributed by atoms with Crippen molar-refractivity contribution < 1.29 is 9.53 Å². The first-order chi connectivity index (χ1) is 8.47. The molecule has 0 radical (unpaired) electrons. The van der Waals surface area contributed by atoms with Crippen LogP contribution < -0.4 is 0 Å². The summed E-state index contributed by atoms with van der Waals surface area (Å²) in [4.78, 5) is 15.0. The van der Waals surface area contributed by atoms with Crippen LogP contribution >= 0.6 is 15.9 Å². The van der Waals surface area contributed by atoms with E-state index in [-0.39, 0.29) is 5.97 Å².